The van der Waals surface area contributed by atoms with Gasteiger partial charge in [0.15, 0.2) is 0 Å². The average Bonchev–Trinajstić information content (AvgIpc) is 2.54. The summed E-state index contributed by atoms with van der Waals surface area (Å²) in [7, 11) is 0. The van der Waals surface area contributed by atoms with E-state index in [0.717, 1.165) is 18.4 Å². The molecule has 1 atom stereocenters. The molecule has 3 nitrogen and oxygen atoms in total. The van der Waals surface area contributed by atoms with Crippen LogP contribution in [0.3, 0.4) is 0 Å². The zero-order valence-corrected chi connectivity index (χ0v) is 6.77. The Morgan fingerprint density at radius 1 is 1.33 bits per heavy atom. The van der Waals surface area contributed by atoms with Gasteiger partial charge in [0.25, 0.3) is 0 Å². The van der Waals surface area contributed by atoms with E-state index in [1.54, 1.807) is 6.33 Å². The van der Waals surface area contributed by atoms with Crippen molar-refractivity contribution in [2.24, 2.45) is 5.73 Å². The fourth-order valence-corrected chi connectivity index (χ4v) is 1.45. The van der Waals surface area contributed by atoms with Crippen LogP contribution >= 0.6 is 0 Å². The molecule has 0 fully saturated rings. The van der Waals surface area contributed by atoms with E-state index in [-0.39, 0.29) is 6.04 Å². The van der Waals surface area contributed by atoms with Gasteiger partial charge in [0, 0.05) is 24.0 Å². The Morgan fingerprint density at radius 3 is 2.67 bits per heavy atom. The van der Waals surface area contributed by atoms with Gasteiger partial charge in [-0.25, -0.2) is 9.97 Å². The summed E-state index contributed by atoms with van der Waals surface area (Å²) in [6, 6.07) is 0.222. The summed E-state index contributed by atoms with van der Waals surface area (Å²) in [5.74, 6) is 0. The molecule has 0 aliphatic heterocycles. The molecule has 2 N–H and O–H groups in total. The monoisotopic (exact) mass is 161 g/mol. The molecule has 62 valence electrons. The summed E-state index contributed by atoms with van der Waals surface area (Å²) >= 11 is 0. The van der Waals surface area contributed by atoms with E-state index >= 15 is 0 Å². The second-order valence-corrected chi connectivity index (χ2v) is 3.02. The molecule has 0 spiro atoms. The van der Waals surface area contributed by atoms with Crippen LogP contribution in [0.5, 0.6) is 0 Å². The molecule has 0 saturated heterocycles. The molecule has 0 saturated carbocycles. The first-order valence-corrected chi connectivity index (χ1v) is 4.08. The van der Waals surface area contributed by atoms with Crippen LogP contribution in [0.2, 0.25) is 0 Å². The van der Waals surface area contributed by atoms with Gasteiger partial charge in [-0.3, -0.25) is 0 Å². The van der Waals surface area contributed by atoms with Crippen LogP contribution in [-0.4, -0.2) is 16.0 Å². The van der Waals surface area contributed by atoms with Crippen LogP contribution in [0.25, 0.3) is 5.57 Å². The van der Waals surface area contributed by atoms with E-state index in [0.29, 0.717) is 0 Å². The Kier molecular flexibility index (Phi) is 1.87. The van der Waals surface area contributed by atoms with Crippen LogP contribution in [0.15, 0.2) is 24.8 Å². The topological polar surface area (TPSA) is 51.8 Å². The van der Waals surface area contributed by atoms with E-state index in [2.05, 4.69) is 16.0 Å². The predicted octanol–water partition coefficient (Wildman–Crippen LogP) is 0.981. The van der Waals surface area contributed by atoms with Gasteiger partial charge in [-0.2, -0.15) is 0 Å². The summed E-state index contributed by atoms with van der Waals surface area (Å²) < 4.78 is 0. The normalized spacial score (nSPS) is 22.4. The number of rotatable bonds is 1. The smallest absolute Gasteiger partial charge is 0.115 e. The van der Waals surface area contributed by atoms with Crippen LogP contribution in [0, 0.1) is 0 Å². The number of nitrogens with two attached hydrogens (primary N) is 1. The van der Waals surface area contributed by atoms with Crippen LogP contribution in [-0.2, 0) is 0 Å². The molecule has 1 aliphatic carbocycles. The summed E-state index contributed by atoms with van der Waals surface area (Å²) in [6.45, 7) is 0. The molecule has 0 radical (unpaired) electrons. The lowest BCUT2D eigenvalue weighted by Gasteiger charge is -1.97. The Bertz CT molecular complexity index is 292. The fourth-order valence-electron chi connectivity index (χ4n) is 1.45. The molecule has 12 heavy (non-hydrogen) atoms. The number of hydrogen-bond acceptors (Lipinski definition) is 3. The van der Waals surface area contributed by atoms with Crippen molar-refractivity contribution in [3.8, 4) is 0 Å². The molecule has 1 unspecified atom stereocenters. The highest BCUT2D eigenvalue weighted by Crippen LogP contribution is 2.25. The third-order valence-corrected chi connectivity index (χ3v) is 2.09. The zero-order chi connectivity index (χ0) is 8.39. The maximum absolute atomic E-state index is 5.75. The molecule has 3 heteroatoms. The molecule has 2 rings (SSSR count). The van der Waals surface area contributed by atoms with E-state index in [9.17, 15) is 0 Å². The molecule has 1 aromatic heterocycles. The molecule has 0 bridgehead atoms. The summed E-state index contributed by atoms with van der Waals surface area (Å²) in [5.41, 5.74) is 8.13. The van der Waals surface area contributed by atoms with Gasteiger partial charge in [-0.1, -0.05) is 6.08 Å². The van der Waals surface area contributed by atoms with Gasteiger partial charge in [-0.15, -0.1) is 0 Å². The van der Waals surface area contributed by atoms with E-state index < -0.39 is 0 Å². The Morgan fingerprint density at radius 2 is 2.08 bits per heavy atom. The van der Waals surface area contributed by atoms with Crippen LogP contribution in [0.1, 0.15) is 18.4 Å². The van der Waals surface area contributed by atoms with Crippen molar-refractivity contribution >= 4 is 5.57 Å². The first kappa shape index (κ1) is 7.43. The summed E-state index contributed by atoms with van der Waals surface area (Å²) in [5, 5.41) is 0. The third-order valence-electron chi connectivity index (χ3n) is 2.09. The lowest BCUT2D eigenvalue weighted by molar-refractivity contribution is 0.782. The van der Waals surface area contributed by atoms with Crippen molar-refractivity contribution < 1.29 is 0 Å². The molecule has 1 aromatic rings. The first-order valence-electron chi connectivity index (χ1n) is 4.08. The minimum absolute atomic E-state index is 0.222. The lowest BCUT2D eigenvalue weighted by Crippen LogP contribution is -2.11. The van der Waals surface area contributed by atoms with Gasteiger partial charge in [0.1, 0.15) is 6.33 Å². The zero-order valence-electron chi connectivity index (χ0n) is 6.77. The average molecular weight is 161 g/mol. The van der Waals surface area contributed by atoms with Crippen LogP contribution in [0.4, 0.5) is 0 Å². The highest BCUT2D eigenvalue weighted by Gasteiger charge is 2.12. The van der Waals surface area contributed by atoms with Crippen molar-refractivity contribution in [2.45, 2.75) is 18.9 Å². The van der Waals surface area contributed by atoms with Gasteiger partial charge in [0.05, 0.1) is 0 Å². The summed E-state index contributed by atoms with van der Waals surface area (Å²) in [6.07, 6.45) is 9.39. The van der Waals surface area contributed by atoms with E-state index in [1.165, 1.54) is 5.57 Å². The lowest BCUT2D eigenvalue weighted by atomic mass is 10.1. The molecular weight excluding hydrogens is 150 g/mol. The van der Waals surface area contributed by atoms with Gasteiger partial charge >= 0.3 is 0 Å². The number of nitrogens with zero attached hydrogens (tertiary/aromatic N) is 2. The Hall–Kier alpha value is -1.22. The van der Waals surface area contributed by atoms with E-state index in [4.69, 9.17) is 5.73 Å². The Balaban J connectivity index is 2.27. The van der Waals surface area contributed by atoms with Gasteiger partial charge in [-0.05, 0) is 18.4 Å². The van der Waals surface area contributed by atoms with Crippen molar-refractivity contribution in [1.29, 1.82) is 0 Å². The molecule has 1 heterocycles. The highest BCUT2D eigenvalue weighted by molar-refractivity contribution is 5.66. The first-order chi connectivity index (χ1) is 5.86. The predicted molar refractivity (Wildman–Crippen MR) is 47.2 cm³/mol. The number of aromatic nitrogens is 2. The largest absolute Gasteiger partial charge is 0.324 e. The molecule has 0 amide bonds. The fraction of sp³-hybridized carbons (Fsp3) is 0.333. The van der Waals surface area contributed by atoms with Gasteiger partial charge < -0.3 is 5.73 Å². The van der Waals surface area contributed by atoms with Crippen LogP contribution < -0.4 is 5.73 Å². The van der Waals surface area contributed by atoms with Crippen molar-refractivity contribution in [2.75, 3.05) is 0 Å². The van der Waals surface area contributed by atoms with Gasteiger partial charge in [0.2, 0.25) is 0 Å². The minimum atomic E-state index is 0.222. The highest BCUT2D eigenvalue weighted by atomic mass is 14.8. The second-order valence-electron chi connectivity index (χ2n) is 3.02. The maximum Gasteiger partial charge on any atom is 0.115 e. The van der Waals surface area contributed by atoms with E-state index in [1.807, 2.05) is 12.4 Å². The molecule has 1 aliphatic rings. The Labute approximate surface area is 71.3 Å². The minimum Gasteiger partial charge on any atom is -0.324 e. The number of hydrogen-bond donors (Lipinski definition) is 1. The molecule has 0 aromatic carbocycles. The standard InChI is InChI=1S/C9H11N3/c10-9-2-1-7(3-9)8-4-11-6-12-5-8/h3-6,9H,1-2,10H2. The maximum atomic E-state index is 5.75. The van der Waals surface area contributed by atoms with Crippen molar-refractivity contribution in [3.63, 3.8) is 0 Å². The molecular formula is C9H11N3. The number of allylic oxidation sites excluding steroid dienone is 1. The van der Waals surface area contributed by atoms with Crippen molar-refractivity contribution in [3.05, 3.63) is 30.4 Å². The summed E-state index contributed by atoms with van der Waals surface area (Å²) in [4.78, 5) is 7.92. The third kappa shape index (κ3) is 1.36. The quantitative estimate of drug-likeness (QED) is 0.668. The van der Waals surface area contributed by atoms with Crippen molar-refractivity contribution in [1.82, 2.24) is 9.97 Å². The SMILES string of the molecule is NC1C=C(c2cncnc2)CC1. The second kappa shape index (κ2) is 3.03.